The Morgan fingerprint density at radius 2 is 1.86 bits per heavy atom. The smallest absolute Gasteiger partial charge is 0.243 e. The molecule has 1 aromatic heterocycles. The molecule has 0 radical (unpaired) electrons. The molecule has 2 aliphatic rings. The van der Waals surface area contributed by atoms with Gasteiger partial charge in [0.15, 0.2) is 0 Å². The number of hydrogen-bond acceptors (Lipinski definition) is 6. The molecule has 0 atom stereocenters. The Bertz CT molecular complexity index is 951. The van der Waals surface area contributed by atoms with Gasteiger partial charge in [-0.25, -0.2) is 13.4 Å². The van der Waals surface area contributed by atoms with Crippen molar-refractivity contribution in [3.8, 4) is 0 Å². The first kappa shape index (κ1) is 19.7. The highest BCUT2D eigenvalue weighted by molar-refractivity contribution is 7.99. The van der Waals surface area contributed by atoms with Crippen LogP contribution in [0.3, 0.4) is 0 Å². The highest BCUT2D eigenvalue weighted by Gasteiger charge is 2.30. The third-order valence-corrected chi connectivity index (χ3v) is 7.81. The number of piperazine rings is 1. The van der Waals surface area contributed by atoms with Crippen LogP contribution in [0.1, 0.15) is 24.6 Å². The largest absolute Gasteiger partial charge is 0.339 e. The zero-order chi connectivity index (χ0) is 19.7. The lowest BCUT2D eigenvalue weighted by Gasteiger charge is -2.34. The molecule has 28 heavy (non-hydrogen) atoms. The average molecular weight is 442 g/mol. The standard InChI is InChI=1S/C17H20ClN5O3S2/c18-13-3-5-14(6-4-13)28(25,26)23-9-7-22(8-10-23)15(24)11-27-17-19-16(20-21-17)12-1-2-12/h3-6,12H,1-2,7-11H2,(H,19,20,21). The van der Waals surface area contributed by atoms with Gasteiger partial charge in [-0.3, -0.25) is 9.89 Å². The number of aromatic amines is 1. The van der Waals surface area contributed by atoms with Crippen molar-refractivity contribution in [2.45, 2.75) is 28.8 Å². The van der Waals surface area contributed by atoms with Crippen molar-refractivity contribution in [3.63, 3.8) is 0 Å². The fourth-order valence-electron chi connectivity index (χ4n) is 3.01. The topological polar surface area (TPSA) is 99.3 Å². The lowest BCUT2D eigenvalue weighted by atomic mass is 10.3. The molecule has 0 unspecified atom stereocenters. The summed E-state index contributed by atoms with van der Waals surface area (Å²) in [7, 11) is -3.58. The van der Waals surface area contributed by atoms with Crippen LogP contribution in [0.25, 0.3) is 0 Å². The number of benzene rings is 1. The number of thioether (sulfide) groups is 1. The van der Waals surface area contributed by atoms with E-state index in [9.17, 15) is 13.2 Å². The molecular formula is C17H20ClN5O3S2. The molecule has 4 rings (SSSR count). The molecule has 2 heterocycles. The van der Waals surface area contributed by atoms with E-state index in [1.165, 1.54) is 28.2 Å². The molecule has 0 bridgehead atoms. The number of H-pyrrole nitrogens is 1. The van der Waals surface area contributed by atoms with Crippen LogP contribution in [-0.4, -0.2) is 70.6 Å². The summed E-state index contributed by atoms with van der Waals surface area (Å²) in [5.74, 6) is 1.60. The minimum absolute atomic E-state index is 0.0358. The Morgan fingerprint density at radius 1 is 1.18 bits per heavy atom. The normalized spacial score (nSPS) is 18.4. The SMILES string of the molecule is O=C(CSc1n[nH]c(C2CC2)n1)N1CCN(S(=O)(=O)c2ccc(Cl)cc2)CC1. The first-order valence-electron chi connectivity index (χ1n) is 9.02. The molecule has 0 spiro atoms. The van der Waals surface area contributed by atoms with Crippen molar-refractivity contribution < 1.29 is 13.2 Å². The molecule has 1 aliphatic carbocycles. The second-order valence-corrected chi connectivity index (χ2v) is 10.1. The van der Waals surface area contributed by atoms with Crippen molar-refractivity contribution in [1.29, 1.82) is 0 Å². The predicted molar refractivity (Wildman–Crippen MR) is 106 cm³/mol. The van der Waals surface area contributed by atoms with E-state index >= 15 is 0 Å². The zero-order valence-electron chi connectivity index (χ0n) is 15.0. The van der Waals surface area contributed by atoms with Crippen molar-refractivity contribution in [2.24, 2.45) is 0 Å². The lowest BCUT2D eigenvalue weighted by molar-refractivity contribution is -0.129. The quantitative estimate of drug-likeness (QED) is 0.688. The lowest BCUT2D eigenvalue weighted by Crippen LogP contribution is -2.50. The van der Waals surface area contributed by atoms with Crippen LogP contribution in [0.5, 0.6) is 0 Å². The molecule has 1 saturated heterocycles. The van der Waals surface area contributed by atoms with Gasteiger partial charge in [0.25, 0.3) is 0 Å². The number of rotatable bonds is 6. The number of sulfonamides is 1. The summed E-state index contributed by atoms with van der Waals surface area (Å²) in [6, 6.07) is 6.11. The van der Waals surface area contributed by atoms with Crippen LogP contribution in [0, 0.1) is 0 Å². The molecule has 1 aliphatic heterocycles. The Hall–Kier alpha value is -1.62. The van der Waals surface area contributed by atoms with Gasteiger partial charge in [-0.2, -0.15) is 4.31 Å². The number of hydrogen-bond donors (Lipinski definition) is 1. The Morgan fingerprint density at radius 3 is 2.50 bits per heavy atom. The van der Waals surface area contributed by atoms with Crippen LogP contribution >= 0.6 is 23.4 Å². The molecule has 2 aromatic rings. The van der Waals surface area contributed by atoms with Gasteiger partial charge in [0.2, 0.25) is 21.1 Å². The predicted octanol–water partition coefficient (Wildman–Crippen LogP) is 1.96. The van der Waals surface area contributed by atoms with Crippen molar-refractivity contribution in [2.75, 3.05) is 31.9 Å². The summed E-state index contributed by atoms with van der Waals surface area (Å²) in [4.78, 5) is 18.7. The highest BCUT2D eigenvalue weighted by atomic mass is 35.5. The zero-order valence-corrected chi connectivity index (χ0v) is 17.4. The van der Waals surface area contributed by atoms with Crippen molar-refractivity contribution in [1.82, 2.24) is 24.4 Å². The second-order valence-electron chi connectivity index (χ2n) is 6.80. The summed E-state index contributed by atoms with van der Waals surface area (Å²) < 4.78 is 26.8. The number of amides is 1. The third kappa shape index (κ3) is 4.35. The van der Waals surface area contributed by atoms with E-state index < -0.39 is 10.0 Å². The fraction of sp³-hybridized carbons (Fsp3) is 0.471. The van der Waals surface area contributed by atoms with Crippen LogP contribution in [0.2, 0.25) is 5.02 Å². The average Bonchev–Trinajstić information content (AvgIpc) is 3.45. The van der Waals surface area contributed by atoms with Crippen molar-refractivity contribution in [3.05, 3.63) is 35.1 Å². The Kier molecular flexibility index (Phi) is 5.64. The van der Waals surface area contributed by atoms with Crippen LogP contribution in [0.4, 0.5) is 0 Å². The maximum Gasteiger partial charge on any atom is 0.243 e. The van der Waals surface area contributed by atoms with E-state index in [0.717, 1.165) is 18.7 Å². The molecular weight excluding hydrogens is 422 g/mol. The van der Waals surface area contributed by atoms with Gasteiger partial charge >= 0.3 is 0 Å². The summed E-state index contributed by atoms with van der Waals surface area (Å²) >= 11 is 7.13. The van der Waals surface area contributed by atoms with E-state index in [1.807, 2.05) is 0 Å². The maximum absolute atomic E-state index is 12.7. The Balaban J connectivity index is 1.29. The number of carbonyl (C=O) groups is 1. The molecule has 150 valence electrons. The van der Waals surface area contributed by atoms with Gasteiger partial charge in [-0.1, -0.05) is 23.4 Å². The number of halogens is 1. The van der Waals surface area contributed by atoms with E-state index in [1.54, 1.807) is 17.0 Å². The van der Waals surface area contributed by atoms with Gasteiger partial charge in [0.05, 0.1) is 10.6 Å². The minimum atomic E-state index is -3.58. The minimum Gasteiger partial charge on any atom is -0.339 e. The summed E-state index contributed by atoms with van der Waals surface area (Å²) in [6.07, 6.45) is 2.28. The number of aromatic nitrogens is 3. The molecule has 8 nitrogen and oxygen atoms in total. The molecule has 2 fully saturated rings. The molecule has 1 amide bonds. The molecule has 1 N–H and O–H groups in total. The van der Waals surface area contributed by atoms with Crippen LogP contribution < -0.4 is 0 Å². The van der Waals surface area contributed by atoms with E-state index in [2.05, 4.69) is 15.2 Å². The second kappa shape index (κ2) is 8.02. The summed E-state index contributed by atoms with van der Waals surface area (Å²) in [6.45, 7) is 1.28. The van der Waals surface area contributed by atoms with Gasteiger partial charge in [-0.15, -0.1) is 5.10 Å². The van der Waals surface area contributed by atoms with E-state index in [-0.39, 0.29) is 29.6 Å². The monoisotopic (exact) mass is 441 g/mol. The summed E-state index contributed by atoms with van der Waals surface area (Å²) in [5.41, 5.74) is 0. The van der Waals surface area contributed by atoms with E-state index in [0.29, 0.717) is 29.2 Å². The van der Waals surface area contributed by atoms with Gasteiger partial charge in [0, 0.05) is 37.1 Å². The van der Waals surface area contributed by atoms with Crippen LogP contribution in [0.15, 0.2) is 34.3 Å². The van der Waals surface area contributed by atoms with Crippen LogP contribution in [-0.2, 0) is 14.8 Å². The number of carbonyl (C=O) groups excluding carboxylic acids is 1. The number of nitrogens with zero attached hydrogens (tertiary/aromatic N) is 4. The van der Waals surface area contributed by atoms with Gasteiger partial charge in [-0.05, 0) is 37.1 Å². The molecule has 11 heteroatoms. The van der Waals surface area contributed by atoms with Crippen molar-refractivity contribution >= 4 is 39.3 Å². The first-order chi connectivity index (χ1) is 13.4. The molecule has 1 aromatic carbocycles. The first-order valence-corrected chi connectivity index (χ1v) is 11.8. The number of nitrogens with one attached hydrogen (secondary N) is 1. The highest BCUT2D eigenvalue weighted by Crippen LogP contribution is 2.38. The van der Waals surface area contributed by atoms with Gasteiger partial charge in [0.1, 0.15) is 5.82 Å². The maximum atomic E-state index is 12.7. The third-order valence-electron chi connectivity index (χ3n) is 4.81. The summed E-state index contributed by atoms with van der Waals surface area (Å²) in [5, 5.41) is 8.13. The molecule has 1 saturated carbocycles. The van der Waals surface area contributed by atoms with Gasteiger partial charge < -0.3 is 4.90 Å². The van der Waals surface area contributed by atoms with E-state index in [4.69, 9.17) is 11.6 Å². The fourth-order valence-corrected chi connectivity index (χ4v) is 5.27. The Labute approximate surface area is 172 Å².